The number of nitrogens with zero attached hydrogens (tertiary/aromatic N) is 5. The van der Waals surface area contributed by atoms with Crippen molar-refractivity contribution in [1.29, 1.82) is 10.5 Å². The second-order valence-corrected chi connectivity index (χ2v) is 9.89. The van der Waals surface area contributed by atoms with Gasteiger partial charge in [-0.1, -0.05) is 43.6 Å². The number of anilines is 1. The zero-order valence-corrected chi connectivity index (χ0v) is 22.1. The van der Waals surface area contributed by atoms with Crippen LogP contribution in [0.5, 0.6) is 5.75 Å². The highest BCUT2D eigenvalue weighted by Crippen LogP contribution is 2.47. The Kier molecular flexibility index (Phi) is 6.40. The number of halogens is 1. The van der Waals surface area contributed by atoms with Crippen molar-refractivity contribution < 1.29 is 9.53 Å². The van der Waals surface area contributed by atoms with Crippen molar-refractivity contribution in [2.24, 2.45) is 0 Å². The smallest absolute Gasteiger partial charge is 0.280 e. The monoisotopic (exact) mass is 521 g/mol. The van der Waals surface area contributed by atoms with Gasteiger partial charge in [-0.2, -0.15) is 15.6 Å². The molecule has 1 unspecified atom stereocenters. The lowest BCUT2D eigenvalue weighted by atomic mass is 9.93. The molecule has 1 atom stereocenters. The van der Waals surface area contributed by atoms with E-state index >= 15 is 0 Å². The summed E-state index contributed by atoms with van der Waals surface area (Å²) < 4.78 is 7.33. The number of hydrogen-bond acceptors (Lipinski definition) is 5. The summed E-state index contributed by atoms with van der Waals surface area (Å²) >= 11 is 6.38. The van der Waals surface area contributed by atoms with Crippen molar-refractivity contribution in [2.75, 3.05) is 12.0 Å². The zero-order valence-electron chi connectivity index (χ0n) is 21.4. The number of carbonyl (C=O) groups excluding carboxylic acids is 1. The van der Waals surface area contributed by atoms with Gasteiger partial charge in [-0.25, -0.2) is 4.68 Å². The standard InChI is InChI=1S/C30H24ClN5O2/c1-17(2)28-26-27(34-36(28)24-13-20(16-33)8-12-25(24)38-4)30(37)35(23-14-22(31)11-5-18(23)3)29(26)21-9-6-19(15-32)7-10-21/h5-14,17,29H,1-4H3. The maximum Gasteiger partial charge on any atom is 0.280 e. The molecule has 0 saturated heterocycles. The van der Waals surface area contributed by atoms with Crippen molar-refractivity contribution in [1.82, 2.24) is 9.78 Å². The van der Waals surface area contributed by atoms with Crippen LogP contribution in [0.1, 0.15) is 69.8 Å². The lowest BCUT2D eigenvalue weighted by molar-refractivity contribution is 0.0988. The minimum atomic E-state index is -0.501. The van der Waals surface area contributed by atoms with Crippen molar-refractivity contribution in [3.8, 4) is 23.6 Å². The molecule has 1 aliphatic heterocycles. The molecule has 5 rings (SSSR count). The number of benzene rings is 3. The van der Waals surface area contributed by atoms with E-state index in [0.29, 0.717) is 39.0 Å². The Labute approximate surface area is 226 Å². The molecule has 0 radical (unpaired) electrons. The molecular formula is C30H24ClN5O2. The average molecular weight is 522 g/mol. The van der Waals surface area contributed by atoms with E-state index in [1.54, 1.807) is 59.2 Å². The van der Waals surface area contributed by atoms with Gasteiger partial charge in [0.25, 0.3) is 5.91 Å². The second-order valence-electron chi connectivity index (χ2n) is 9.45. The van der Waals surface area contributed by atoms with Gasteiger partial charge in [0.1, 0.15) is 11.4 Å². The molecule has 0 spiro atoms. The van der Waals surface area contributed by atoms with E-state index in [1.807, 2.05) is 39.0 Å². The minimum absolute atomic E-state index is 0.0317. The predicted octanol–water partition coefficient (Wildman–Crippen LogP) is 6.46. The Balaban J connectivity index is 1.81. The first kappa shape index (κ1) is 25.1. The number of ether oxygens (including phenoxy) is 1. The van der Waals surface area contributed by atoms with E-state index in [1.165, 1.54) is 0 Å². The minimum Gasteiger partial charge on any atom is -0.494 e. The van der Waals surface area contributed by atoms with Crippen LogP contribution in [0.25, 0.3) is 5.69 Å². The number of amides is 1. The zero-order chi connectivity index (χ0) is 27.1. The summed E-state index contributed by atoms with van der Waals surface area (Å²) in [5, 5.41) is 24.2. The molecule has 7 nitrogen and oxygen atoms in total. The van der Waals surface area contributed by atoms with Crippen molar-refractivity contribution in [3.05, 3.63) is 105 Å². The molecule has 2 heterocycles. The van der Waals surface area contributed by atoms with Gasteiger partial charge in [-0.3, -0.25) is 9.69 Å². The van der Waals surface area contributed by atoms with Gasteiger partial charge in [-0.15, -0.1) is 0 Å². The van der Waals surface area contributed by atoms with Crippen LogP contribution in [-0.4, -0.2) is 22.8 Å². The Bertz CT molecular complexity index is 1660. The molecule has 0 saturated carbocycles. The molecule has 0 fully saturated rings. The maximum absolute atomic E-state index is 14.1. The van der Waals surface area contributed by atoms with E-state index in [2.05, 4.69) is 12.1 Å². The Morgan fingerprint density at radius 3 is 2.29 bits per heavy atom. The fourth-order valence-corrected chi connectivity index (χ4v) is 5.21. The third-order valence-corrected chi connectivity index (χ3v) is 7.02. The lowest BCUT2D eigenvalue weighted by Crippen LogP contribution is -2.30. The highest BCUT2D eigenvalue weighted by molar-refractivity contribution is 6.31. The summed E-state index contributed by atoms with van der Waals surface area (Å²) in [7, 11) is 1.56. The number of fused-ring (bicyclic) bond motifs is 1. The summed E-state index contributed by atoms with van der Waals surface area (Å²) in [6.07, 6.45) is 0. The maximum atomic E-state index is 14.1. The first-order valence-electron chi connectivity index (χ1n) is 12.1. The second kappa shape index (κ2) is 9.70. The number of hydrogen-bond donors (Lipinski definition) is 0. The summed E-state index contributed by atoms with van der Waals surface area (Å²) in [6, 6.07) is 21.7. The largest absolute Gasteiger partial charge is 0.494 e. The Hall–Kier alpha value is -4.59. The molecule has 1 aliphatic rings. The van der Waals surface area contributed by atoms with Gasteiger partial charge in [-0.05, 0) is 66.4 Å². The Morgan fingerprint density at radius 1 is 0.974 bits per heavy atom. The number of methoxy groups -OCH3 is 1. The van der Waals surface area contributed by atoms with E-state index in [4.69, 9.17) is 21.4 Å². The van der Waals surface area contributed by atoms with Crippen LogP contribution in [-0.2, 0) is 0 Å². The van der Waals surface area contributed by atoms with Gasteiger partial charge in [0.05, 0.1) is 42.1 Å². The van der Waals surface area contributed by atoms with Crippen LogP contribution in [0.2, 0.25) is 5.02 Å². The first-order valence-corrected chi connectivity index (χ1v) is 12.5. The third-order valence-electron chi connectivity index (χ3n) is 6.78. The Morgan fingerprint density at radius 2 is 1.66 bits per heavy atom. The van der Waals surface area contributed by atoms with Crippen molar-refractivity contribution in [3.63, 3.8) is 0 Å². The lowest BCUT2D eigenvalue weighted by Gasteiger charge is -2.29. The summed E-state index contributed by atoms with van der Waals surface area (Å²) in [4.78, 5) is 15.9. The summed E-state index contributed by atoms with van der Waals surface area (Å²) in [6.45, 7) is 6.02. The number of aryl methyl sites for hydroxylation is 1. The normalized spacial score (nSPS) is 14.4. The number of nitriles is 2. The number of aromatic nitrogens is 2. The molecule has 188 valence electrons. The van der Waals surface area contributed by atoms with Crippen LogP contribution in [0.15, 0.2) is 60.7 Å². The molecular weight excluding hydrogens is 498 g/mol. The van der Waals surface area contributed by atoms with Gasteiger partial charge in [0.15, 0.2) is 5.69 Å². The SMILES string of the molecule is COc1ccc(C#N)cc1-n1nc2c(c1C(C)C)C(c1ccc(C#N)cc1)N(c1cc(Cl)ccc1C)C2=O. The molecule has 1 amide bonds. The molecule has 38 heavy (non-hydrogen) atoms. The van der Waals surface area contributed by atoms with Crippen LogP contribution < -0.4 is 9.64 Å². The van der Waals surface area contributed by atoms with Gasteiger partial charge in [0, 0.05) is 16.3 Å². The molecule has 8 heteroatoms. The van der Waals surface area contributed by atoms with Gasteiger partial charge in [0.2, 0.25) is 0 Å². The van der Waals surface area contributed by atoms with Crippen LogP contribution in [0.3, 0.4) is 0 Å². The quantitative estimate of drug-likeness (QED) is 0.300. The molecule has 3 aromatic carbocycles. The van der Waals surface area contributed by atoms with Crippen LogP contribution in [0.4, 0.5) is 5.69 Å². The highest BCUT2D eigenvalue weighted by Gasteiger charge is 2.45. The molecule has 0 aliphatic carbocycles. The van der Waals surface area contributed by atoms with Gasteiger partial charge >= 0.3 is 0 Å². The first-order chi connectivity index (χ1) is 18.3. The van der Waals surface area contributed by atoms with E-state index < -0.39 is 6.04 Å². The molecule has 0 N–H and O–H groups in total. The molecule has 1 aromatic heterocycles. The van der Waals surface area contributed by atoms with Crippen LogP contribution >= 0.6 is 11.6 Å². The van der Waals surface area contributed by atoms with E-state index in [9.17, 15) is 15.3 Å². The summed E-state index contributed by atoms with van der Waals surface area (Å²) in [5.74, 6) is 0.253. The topological polar surface area (TPSA) is 94.9 Å². The highest BCUT2D eigenvalue weighted by atomic mass is 35.5. The number of carbonyl (C=O) groups is 1. The van der Waals surface area contributed by atoms with E-state index in [-0.39, 0.29) is 11.8 Å². The van der Waals surface area contributed by atoms with Crippen LogP contribution in [0, 0.1) is 29.6 Å². The fourth-order valence-electron chi connectivity index (χ4n) is 5.04. The van der Waals surface area contributed by atoms with Crippen molar-refractivity contribution >= 4 is 23.2 Å². The van der Waals surface area contributed by atoms with Crippen molar-refractivity contribution in [2.45, 2.75) is 32.7 Å². The summed E-state index contributed by atoms with van der Waals surface area (Å²) in [5.41, 5.74) is 5.94. The average Bonchev–Trinajstić information content (AvgIpc) is 3.44. The number of rotatable bonds is 5. The molecule has 0 bridgehead atoms. The van der Waals surface area contributed by atoms with Gasteiger partial charge < -0.3 is 4.74 Å². The third kappa shape index (κ3) is 3.98. The predicted molar refractivity (Wildman–Crippen MR) is 145 cm³/mol. The molecule has 4 aromatic rings. The van der Waals surface area contributed by atoms with E-state index in [0.717, 1.165) is 22.4 Å². The fraction of sp³-hybridized carbons (Fsp3) is 0.200.